The van der Waals surface area contributed by atoms with E-state index in [4.69, 9.17) is 0 Å². The molecule has 0 aliphatic rings. The summed E-state index contributed by atoms with van der Waals surface area (Å²) in [5, 5.41) is 12.1. The lowest BCUT2D eigenvalue weighted by atomic mass is 10.1. The number of carboxylic acids is 1. The quantitative estimate of drug-likeness (QED) is 0.711. The minimum atomic E-state index is -1.07. The Balaban J connectivity index is 0.00000225. The van der Waals surface area contributed by atoms with Crippen molar-refractivity contribution in [3.8, 4) is 10.4 Å². The third-order valence-electron chi connectivity index (χ3n) is 3.43. The molecular weight excluding hydrogens is 336 g/mol. The van der Waals surface area contributed by atoms with Crippen LogP contribution in [0.25, 0.3) is 10.4 Å². The number of rotatable bonds is 4. The van der Waals surface area contributed by atoms with Crippen LogP contribution in [0.15, 0.2) is 54.9 Å². The highest BCUT2D eigenvalue weighted by Gasteiger charge is 2.18. The molecule has 0 unspecified atom stereocenters. The standard InChI is InChI=1S/C18H14N2O3S.CH4/c1-11-4-6-12(7-5-11)17(21)20-14-9-15(24-16(14)18(22)23)13-3-2-8-19-10-13;/h2-10H,1H3,(H,20,21)(H,22,23);1H4. The highest BCUT2D eigenvalue weighted by molar-refractivity contribution is 7.18. The molecule has 0 atom stereocenters. The molecule has 0 radical (unpaired) electrons. The molecule has 2 aromatic heterocycles. The van der Waals surface area contributed by atoms with Crippen LogP contribution < -0.4 is 5.32 Å². The number of carbonyl (C=O) groups is 2. The van der Waals surface area contributed by atoms with Gasteiger partial charge in [-0.15, -0.1) is 11.3 Å². The number of anilines is 1. The molecule has 3 rings (SSSR count). The van der Waals surface area contributed by atoms with Gasteiger partial charge in [0.05, 0.1) is 5.69 Å². The van der Waals surface area contributed by atoms with E-state index in [2.05, 4.69) is 10.3 Å². The smallest absolute Gasteiger partial charge is 0.348 e. The predicted octanol–water partition coefficient (Wildman–Crippen LogP) is 4.71. The largest absolute Gasteiger partial charge is 0.477 e. The molecule has 0 aliphatic heterocycles. The number of benzene rings is 1. The van der Waals surface area contributed by atoms with Crippen LogP contribution in [0.2, 0.25) is 0 Å². The van der Waals surface area contributed by atoms with Crippen molar-refractivity contribution in [3.05, 3.63) is 70.9 Å². The minimum absolute atomic E-state index is 0. The average molecular weight is 354 g/mol. The number of aromatic nitrogens is 1. The third kappa shape index (κ3) is 4.10. The Hall–Kier alpha value is -2.99. The molecule has 3 aromatic rings. The maximum atomic E-state index is 12.3. The van der Waals surface area contributed by atoms with Crippen molar-refractivity contribution < 1.29 is 14.7 Å². The Morgan fingerprint density at radius 2 is 1.88 bits per heavy atom. The fourth-order valence-corrected chi connectivity index (χ4v) is 3.14. The van der Waals surface area contributed by atoms with E-state index >= 15 is 0 Å². The first-order valence-electron chi connectivity index (χ1n) is 7.20. The SMILES string of the molecule is C.Cc1ccc(C(=O)Nc2cc(-c3cccnc3)sc2C(=O)O)cc1. The van der Waals surface area contributed by atoms with Gasteiger partial charge in [0.25, 0.3) is 5.91 Å². The third-order valence-corrected chi connectivity index (χ3v) is 4.61. The summed E-state index contributed by atoms with van der Waals surface area (Å²) in [5.74, 6) is -1.41. The van der Waals surface area contributed by atoms with Gasteiger partial charge < -0.3 is 10.4 Å². The van der Waals surface area contributed by atoms with E-state index in [1.54, 1.807) is 36.7 Å². The predicted molar refractivity (Wildman–Crippen MR) is 100 cm³/mol. The highest BCUT2D eigenvalue weighted by atomic mass is 32.1. The monoisotopic (exact) mass is 354 g/mol. The number of thiophene rings is 1. The van der Waals surface area contributed by atoms with Crippen LogP contribution in [-0.2, 0) is 0 Å². The second-order valence-corrected chi connectivity index (χ2v) is 6.27. The highest BCUT2D eigenvalue weighted by Crippen LogP contribution is 2.34. The van der Waals surface area contributed by atoms with Crippen molar-refractivity contribution in [1.82, 2.24) is 4.98 Å². The van der Waals surface area contributed by atoms with Crippen molar-refractivity contribution in [3.63, 3.8) is 0 Å². The van der Waals surface area contributed by atoms with E-state index in [9.17, 15) is 14.7 Å². The van der Waals surface area contributed by atoms with E-state index in [0.717, 1.165) is 27.3 Å². The summed E-state index contributed by atoms with van der Waals surface area (Å²) in [7, 11) is 0. The number of aryl methyl sites for hydroxylation is 1. The number of pyridine rings is 1. The van der Waals surface area contributed by atoms with Crippen LogP contribution in [0.3, 0.4) is 0 Å². The molecule has 0 saturated carbocycles. The number of hydrogen-bond acceptors (Lipinski definition) is 4. The molecule has 1 amide bonds. The first-order valence-corrected chi connectivity index (χ1v) is 8.02. The normalized spacial score (nSPS) is 9.96. The molecule has 5 nitrogen and oxygen atoms in total. The Kier molecular flexibility index (Phi) is 5.67. The van der Waals surface area contributed by atoms with E-state index in [1.807, 2.05) is 25.1 Å². The van der Waals surface area contributed by atoms with Gasteiger partial charge in [0.2, 0.25) is 0 Å². The topological polar surface area (TPSA) is 79.3 Å². The second-order valence-electron chi connectivity index (χ2n) is 5.22. The van der Waals surface area contributed by atoms with Crippen LogP contribution in [0.1, 0.15) is 33.0 Å². The Morgan fingerprint density at radius 1 is 1.16 bits per heavy atom. The Morgan fingerprint density at radius 3 is 2.48 bits per heavy atom. The van der Waals surface area contributed by atoms with E-state index < -0.39 is 5.97 Å². The molecule has 6 heteroatoms. The van der Waals surface area contributed by atoms with E-state index in [0.29, 0.717) is 5.56 Å². The lowest BCUT2D eigenvalue weighted by Gasteiger charge is -2.04. The summed E-state index contributed by atoms with van der Waals surface area (Å²) in [6.45, 7) is 1.93. The lowest BCUT2D eigenvalue weighted by Crippen LogP contribution is -2.13. The summed E-state index contributed by atoms with van der Waals surface area (Å²) >= 11 is 1.11. The number of nitrogens with one attached hydrogen (secondary N) is 1. The number of aromatic carboxylic acids is 1. The maximum Gasteiger partial charge on any atom is 0.348 e. The summed E-state index contributed by atoms with van der Waals surface area (Å²) in [5.41, 5.74) is 2.62. The van der Waals surface area contributed by atoms with Crippen molar-refractivity contribution in [2.75, 3.05) is 5.32 Å². The lowest BCUT2D eigenvalue weighted by molar-refractivity contribution is 0.0703. The molecular formula is C19H18N2O3S. The minimum Gasteiger partial charge on any atom is -0.477 e. The fraction of sp³-hybridized carbons (Fsp3) is 0.105. The van der Waals surface area contributed by atoms with Gasteiger partial charge in [0.15, 0.2) is 0 Å². The molecule has 2 heterocycles. The van der Waals surface area contributed by atoms with Crippen molar-refractivity contribution in [2.45, 2.75) is 14.4 Å². The number of amides is 1. The zero-order chi connectivity index (χ0) is 17.1. The van der Waals surface area contributed by atoms with Crippen LogP contribution >= 0.6 is 11.3 Å². The Labute approximate surface area is 150 Å². The fourth-order valence-electron chi connectivity index (χ4n) is 2.19. The molecule has 0 spiro atoms. The van der Waals surface area contributed by atoms with Crippen molar-refractivity contribution in [1.29, 1.82) is 0 Å². The van der Waals surface area contributed by atoms with Gasteiger partial charge in [0, 0.05) is 28.4 Å². The van der Waals surface area contributed by atoms with Gasteiger partial charge in [-0.25, -0.2) is 4.79 Å². The molecule has 0 fully saturated rings. The van der Waals surface area contributed by atoms with Gasteiger partial charge >= 0.3 is 5.97 Å². The molecule has 0 aliphatic carbocycles. The van der Waals surface area contributed by atoms with Gasteiger partial charge in [-0.2, -0.15) is 0 Å². The first-order chi connectivity index (χ1) is 11.5. The van der Waals surface area contributed by atoms with Crippen LogP contribution in [-0.4, -0.2) is 22.0 Å². The Bertz CT molecular complexity index is 887. The number of hydrogen-bond donors (Lipinski definition) is 2. The van der Waals surface area contributed by atoms with E-state index in [-0.39, 0.29) is 23.9 Å². The number of carboxylic acid groups (broad SMARTS) is 1. The van der Waals surface area contributed by atoms with Crippen molar-refractivity contribution in [2.24, 2.45) is 0 Å². The zero-order valence-corrected chi connectivity index (χ0v) is 13.6. The first kappa shape index (κ1) is 18.4. The summed E-state index contributed by atoms with van der Waals surface area (Å²) in [4.78, 5) is 28.7. The maximum absolute atomic E-state index is 12.3. The van der Waals surface area contributed by atoms with Gasteiger partial charge in [0.1, 0.15) is 4.88 Å². The number of nitrogens with zero attached hydrogens (tertiary/aromatic N) is 1. The number of carbonyl (C=O) groups excluding carboxylic acids is 1. The molecule has 0 saturated heterocycles. The molecule has 1 aromatic carbocycles. The van der Waals surface area contributed by atoms with Crippen LogP contribution in [0.4, 0.5) is 5.69 Å². The molecule has 128 valence electrons. The summed E-state index contributed by atoms with van der Waals surface area (Å²) in [6.07, 6.45) is 3.30. The summed E-state index contributed by atoms with van der Waals surface area (Å²) < 4.78 is 0. The van der Waals surface area contributed by atoms with Gasteiger partial charge in [-0.1, -0.05) is 31.2 Å². The molecule has 0 bridgehead atoms. The summed E-state index contributed by atoms with van der Waals surface area (Å²) in [6, 6.07) is 12.4. The van der Waals surface area contributed by atoms with Gasteiger partial charge in [-0.3, -0.25) is 9.78 Å². The molecule has 25 heavy (non-hydrogen) atoms. The van der Waals surface area contributed by atoms with Gasteiger partial charge in [-0.05, 0) is 31.2 Å². The molecule has 2 N–H and O–H groups in total. The van der Waals surface area contributed by atoms with E-state index in [1.165, 1.54) is 0 Å². The van der Waals surface area contributed by atoms with Crippen molar-refractivity contribution >= 4 is 28.9 Å². The second kappa shape index (κ2) is 7.72. The van der Waals surface area contributed by atoms with Crippen LogP contribution in [0.5, 0.6) is 0 Å². The average Bonchev–Trinajstić information content (AvgIpc) is 3.00. The van der Waals surface area contributed by atoms with Crippen LogP contribution in [0, 0.1) is 6.92 Å². The zero-order valence-electron chi connectivity index (χ0n) is 12.8.